The Bertz CT molecular complexity index is 432. The van der Waals surface area contributed by atoms with Gasteiger partial charge in [-0.2, -0.15) is 0 Å². The molecule has 1 heterocycles. The molecule has 1 unspecified atom stereocenters. The zero-order valence-electron chi connectivity index (χ0n) is 7.71. The number of nitrogens with zero attached hydrogens (tertiary/aromatic N) is 1. The maximum absolute atomic E-state index is 12.6. The molecule has 0 aromatic carbocycles. The van der Waals surface area contributed by atoms with E-state index in [4.69, 9.17) is 5.73 Å². The molecule has 0 spiro atoms. The molecule has 1 atom stereocenters. The van der Waals surface area contributed by atoms with Crippen LogP contribution in [0.25, 0.3) is 0 Å². The molecule has 1 fully saturated rings. The summed E-state index contributed by atoms with van der Waals surface area (Å²) in [5.41, 5.74) is 5.19. The maximum Gasteiger partial charge on any atom is 0.253 e. The zero-order valence-corrected chi connectivity index (χ0v) is 9.30. The molecule has 0 bridgehead atoms. The summed E-state index contributed by atoms with van der Waals surface area (Å²) in [5.74, 6) is -3.18. The fourth-order valence-electron chi connectivity index (χ4n) is 1.44. The van der Waals surface area contributed by atoms with Crippen LogP contribution in [0.1, 0.15) is 6.42 Å². The third-order valence-corrected chi connectivity index (χ3v) is 3.01. The summed E-state index contributed by atoms with van der Waals surface area (Å²) < 4.78 is 27.1. The van der Waals surface area contributed by atoms with Crippen LogP contribution in [0.15, 0.2) is 21.7 Å². The van der Waals surface area contributed by atoms with Gasteiger partial charge in [-0.25, -0.2) is 8.78 Å². The number of aromatic nitrogens is 1. The molecule has 1 saturated carbocycles. The number of pyridine rings is 1. The monoisotopic (exact) mass is 278 g/mol. The van der Waals surface area contributed by atoms with E-state index in [2.05, 4.69) is 15.9 Å². The first-order chi connectivity index (χ1) is 6.90. The lowest BCUT2D eigenvalue weighted by atomic mass is 10.3. The van der Waals surface area contributed by atoms with Crippen molar-refractivity contribution in [2.45, 2.75) is 18.9 Å². The highest BCUT2D eigenvalue weighted by atomic mass is 79.9. The van der Waals surface area contributed by atoms with Crippen molar-refractivity contribution in [3.05, 3.63) is 27.1 Å². The first-order valence-corrected chi connectivity index (χ1v) is 5.22. The van der Waals surface area contributed by atoms with Crippen LogP contribution in [0.3, 0.4) is 0 Å². The fraction of sp³-hybridized carbons (Fsp3) is 0.444. The van der Waals surface area contributed by atoms with Crippen LogP contribution in [0, 0.1) is 5.92 Å². The topological polar surface area (TPSA) is 48.0 Å². The van der Waals surface area contributed by atoms with E-state index in [1.54, 1.807) is 0 Å². The highest BCUT2D eigenvalue weighted by Crippen LogP contribution is 2.49. The Kier molecular flexibility index (Phi) is 2.33. The van der Waals surface area contributed by atoms with E-state index in [9.17, 15) is 13.6 Å². The summed E-state index contributed by atoms with van der Waals surface area (Å²) in [7, 11) is 0. The highest BCUT2D eigenvalue weighted by Gasteiger charge is 2.56. The third-order valence-electron chi connectivity index (χ3n) is 2.45. The second kappa shape index (κ2) is 3.30. The smallest absolute Gasteiger partial charge is 0.253 e. The number of nitrogen functional groups attached to an aromatic ring is 1. The molecule has 6 heteroatoms. The van der Waals surface area contributed by atoms with E-state index in [1.807, 2.05) is 0 Å². The molecular weight excluding hydrogens is 270 g/mol. The van der Waals surface area contributed by atoms with E-state index in [-0.39, 0.29) is 24.1 Å². The van der Waals surface area contributed by atoms with E-state index >= 15 is 0 Å². The van der Waals surface area contributed by atoms with Crippen molar-refractivity contribution in [1.82, 2.24) is 4.57 Å². The van der Waals surface area contributed by atoms with Crippen molar-refractivity contribution in [3.63, 3.8) is 0 Å². The van der Waals surface area contributed by atoms with E-state index in [1.165, 1.54) is 17.0 Å². The standard InChI is InChI=1S/C9H9BrF2N2O/c10-6-3-14(4-7(13)8(6)15)2-5-1-9(5,11)12/h3-5H,1-2,13H2. The highest BCUT2D eigenvalue weighted by molar-refractivity contribution is 9.10. The first kappa shape index (κ1) is 10.6. The Labute approximate surface area is 93.0 Å². The number of nitrogens with two attached hydrogens (primary N) is 1. The Morgan fingerprint density at radius 3 is 2.67 bits per heavy atom. The summed E-state index contributed by atoms with van der Waals surface area (Å²) in [6.07, 6.45) is 2.78. The van der Waals surface area contributed by atoms with Crippen LogP contribution in [-0.4, -0.2) is 10.5 Å². The number of anilines is 1. The predicted molar refractivity (Wildman–Crippen MR) is 55.9 cm³/mol. The van der Waals surface area contributed by atoms with Gasteiger partial charge in [-0.3, -0.25) is 4.79 Å². The zero-order chi connectivity index (χ0) is 11.2. The lowest BCUT2D eigenvalue weighted by Crippen LogP contribution is -2.14. The second-order valence-electron chi connectivity index (χ2n) is 3.75. The molecule has 0 amide bonds. The molecule has 1 aromatic rings. The van der Waals surface area contributed by atoms with Crippen LogP contribution < -0.4 is 11.2 Å². The van der Waals surface area contributed by atoms with Crippen LogP contribution in [0.5, 0.6) is 0 Å². The van der Waals surface area contributed by atoms with Gasteiger partial charge in [0.2, 0.25) is 5.43 Å². The second-order valence-corrected chi connectivity index (χ2v) is 4.60. The van der Waals surface area contributed by atoms with Crippen LogP contribution in [0.4, 0.5) is 14.5 Å². The minimum atomic E-state index is -2.55. The van der Waals surface area contributed by atoms with Crippen molar-refractivity contribution in [1.29, 1.82) is 0 Å². The summed E-state index contributed by atoms with van der Waals surface area (Å²) in [6.45, 7) is 0.191. The van der Waals surface area contributed by atoms with Gasteiger partial charge >= 0.3 is 0 Å². The molecular formula is C9H9BrF2N2O. The van der Waals surface area contributed by atoms with Gasteiger partial charge in [0.25, 0.3) is 5.92 Å². The van der Waals surface area contributed by atoms with Gasteiger partial charge < -0.3 is 10.3 Å². The van der Waals surface area contributed by atoms with E-state index in [0.717, 1.165) is 0 Å². The van der Waals surface area contributed by atoms with Crippen LogP contribution in [0.2, 0.25) is 0 Å². The van der Waals surface area contributed by atoms with Crippen molar-refractivity contribution in [2.24, 2.45) is 5.92 Å². The molecule has 2 rings (SSSR count). The van der Waals surface area contributed by atoms with Gasteiger partial charge in [-0.05, 0) is 15.9 Å². The molecule has 0 aliphatic heterocycles. The van der Waals surface area contributed by atoms with Gasteiger partial charge in [-0.15, -0.1) is 0 Å². The molecule has 0 radical (unpaired) electrons. The Morgan fingerprint density at radius 1 is 1.60 bits per heavy atom. The molecule has 1 aromatic heterocycles. The predicted octanol–water partition coefficient (Wildman–Crippen LogP) is 1.85. The lowest BCUT2D eigenvalue weighted by molar-refractivity contribution is 0.0950. The van der Waals surface area contributed by atoms with Gasteiger partial charge in [0.1, 0.15) is 0 Å². The number of hydrogen-bond acceptors (Lipinski definition) is 2. The van der Waals surface area contributed by atoms with Crippen LogP contribution >= 0.6 is 15.9 Å². The minimum Gasteiger partial charge on any atom is -0.394 e. The number of hydrogen-bond donors (Lipinski definition) is 1. The molecule has 1 aliphatic rings. The quantitative estimate of drug-likeness (QED) is 0.898. The third kappa shape index (κ3) is 2.04. The van der Waals surface area contributed by atoms with E-state index < -0.39 is 11.8 Å². The molecule has 82 valence electrons. The van der Waals surface area contributed by atoms with E-state index in [0.29, 0.717) is 4.47 Å². The Balaban J connectivity index is 2.20. The molecule has 2 N–H and O–H groups in total. The molecule has 0 saturated heterocycles. The van der Waals surface area contributed by atoms with Gasteiger partial charge in [0.05, 0.1) is 10.2 Å². The minimum absolute atomic E-state index is 0.0633. The fourth-order valence-corrected chi connectivity index (χ4v) is 1.94. The average molecular weight is 279 g/mol. The molecule has 15 heavy (non-hydrogen) atoms. The van der Waals surface area contributed by atoms with Crippen molar-refractivity contribution < 1.29 is 8.78 Å². The molecule has 1 aliphatic carbocycles. The van der Waals surface area contributed by atoms with Gasteiger partial charge in [-0.1, -0.05) is 0 Å². The molecule has 3 nitrogen and oxygen atoms in total. The Morgan fingerprint density at radius 2 is 2.20 bits per heavy atom. The number of halogens is 3. The Hall–Kier alpha value is -0.910. The normalized spacial score (nSPS) is 22.7. The van der Waals surface area contributed by atoms with Crippen molar-refractivity contribution in [2.75, 3.05) is 5.73 Å². The summed E-state index contributed by atoms with van der Waals surface area (Å²) in [6, 6.07) is 0. The number of alkyl halides is 2. The largest absolute Gasteiger partial charge is 0.394 e. The van der Waals surface area contributed by atoms with Crippen molar-refractivity contribution in [3.8, 4) is 0 Å². The average Bonchev–Trinajstić information content (AvgIpc) is 2.69. The summed E-state index contributed by atoms with van der Waals surface area (Å²) in [4.78, 5) is 11.2. The van der Waals surface area contributed by atoms with Crippen LogP contribution in [-0.2, 0) is 6.54 Å². The van der Waals surface area contributed by atoms with Gasteiger partial charge in [0, 0.05) is 31.3 Å². The first-order valence-electron chi connectivity index (χ1n) is 4.43. The SMILES string of the molecule is Nc1cn(CC2CC2(F)F)cc(Br)c1=O. The maximum atomic E-state index is 12.6. The number of rotatable bonds is 2. The summed E-state index contributed by atoms with van der Waals surface area (Å²) in [5, 5.41) is 0. The summed E-state index contributed by atoms with van der Waals surface area (Å²) >= 11 is 3.03. The lowest BCUT2D eigenvalue weighted by Gasteiger charge is -2.07. The van der Waals surface area contributed by atoms with Gasteiger partial charge in [0.15, 0.2) is 0 Å². The van der Waals surface area contributed by atoms with Crippen molar-refractivity contribution >= 4 is 21.6 Å².